The van der Waals surface area contributed by atoms with Crippen LogP contribution in [0.1, 0.15) is 25.0 Å². The summed E-state index contributed by atoms with van der Waals surface area (Å²) in [6.45, 7) is 4.77. The third-order valence-electron chi connectivity index (χ3n) is 10.5. The average Bonchev–Trinajstić information content (AvgIpc) is 3.72. The maximum absolute atomic E-state index is 2.50. The monoisotopic (exact) mass is 600 g/mol. The highest BCUT2D eigenvalue weighted by Crippen LogP contribution is 2.53. The molecule has 0 saturated carbocycles. The highest BCUT2D eigenvalue weighted by atomic mass is 15.0. The van der Waals surface area contributed by atoms with Crippen molar-refractivity contribution in [2.75, 3.05) is 0 Å². The zero-order chi connectivity index (χ0) is 31.3. The summed E-state index contributed by atoms with van der Waals surface area (Å²) in [5.74, 6) is 0. The lowest BCUT2D eigenvalue weighted by Crippen LogP contribution is -2.16. The zero-order valence-electron chi connectivity index (χ0n) is 26.4. The van der Waals surface area contributed by atoms with Gasteiger partial charge in [-0.2, -0.15) is 0 Å². The molecular formula is C45H32N2. The van der Waals surface area contributed by atoms with Crippen LogP contribution in [0.25, 0.3) is 77.2 Å². The van der Waals surface area contributed by atoms with Crippen molar-refractivity contribution in [3.05, 3.63) is 169 Å². The lowest BCUT2D eigenvalue weighted by Gasteiger charge is -2.23. The fraction of sp³-hybridized carbons (Fsp3) is 0.0667. The van der Waals surface area contributed by atoms with Crippen molar-refractivity contribution in [2.24, 2.45) is 0 Å². The van der Waals surface area contributed by atoms with Gasteiger partial charge in [-0.05, 0) is 88.0 Å². The van der Waals surface area contributed by atoms with E-state index >= 15 is 0 Å². The number of benzene rings is 7. The molecular weight excluding hydrogens is 569 g/mol. The molecule has 0 atom stereocenters. The molecule has 0 unspecified atom stereocenters. The van der Waals surface area contributed by atoms with E-state index in [1.54, 1.807) is 0 Å². The van der Waals surface area contributed by atoms with Crippen molar-refractivity contribution in [3.8, 4) is 33.6 Å². The van der Waals surface area contributed by atoms with Crippen molar-refractivity contribution in [2.45, 2.75) is 19.3 Å². The van der Waals surface area contributed by atoms with E-state index in [9.17, 15) is 0 Å². The van der Waals surface area contributed by atoms with E-state index in [4.69, 9.17) is 0 Å². The summed E-state index contributed by atoms with van der Waals surface area (Å²) in [6.07, 6.45) is 0. The topological polar surface area (TPSA) is 9.86 Å². The molecule has 0 radical (unpaired) electrons. The van der Waals surface area contributed by atoms with Gasteiger partial charge >= 0.3 is 0 Å². The zero-order valence-corrected chi connectivity index (χ0v) is 26.4. The second-order valence-electron chi connectivity index (χ2n) is 13.4. The fourth-order valence-electron chi connectivity index (χ4n) is 8.40. The smallest absolute Gasteiger partial charge is 0.0588 e. The Labute approximate surface area is 273 Å². The van der Waals surface area contributed by atoms with Gasteiger partial charge in [-0.3, -0.25) is 0 Å². The Morgan fingerprint density at radius 2 is 0.957 bits per heavy atom. The van der Waals surface area contributed by atoms with Gasteiger partial charge in [0.05, 0.1) is 22.1 Å². The molecule has 2 aromatic heterocycles. The van der Waals surface area contributed by atoms with Gasteiger partial charge in [-0.25, -0.2) is 0 Å². The van der Waals surface area contributed by atoms with Gasteiger partial charge in [0.1, 0.15) is 0 Å². The molecule has 2 nitrogen and oxygen atoms in total. The van der Waals surface area contributed by atoms with E-state index in [2.05, 4.69) is 181 Å². The van der Waals surface area contributed by atoms with Crippen LogP contribution in [-0.2, 0) is 5.41 Å². The van der Waals surface area contributed by atoms with Crippen molar-refractivity contribution in [1.29, 1.82) is 0 Å². The van der Waals surface area contributed by atoms with Crippen LogP contribution in [0.5, 0.6) is 0 Å². The van der Waals surface area contributed by atoms with Gasteiger partial charge in [-0.15, -0.1) is 0 Å². The van der Waals surface area contributed by atoms with Crippen LogP contribution >= 0.6 is 0 Å². The highest BCUT2D eigenvalue weighted by Gasteiger charge is 2.38. The average molecular weight is 601 g/mol. The normalized spacial score (nSPS) is 13.5. The number of para-hydroxylation sites is 3. The Hall–Kier alpha value is -5.86. The van der Waals surface area contributed by atoms with E-state index < -0.39 is 0 Å². The number of rotatable bonds is 3. The minimum atomic E-state index is -0.118. The summed E-state index contributed by atoms with van der Waals surface area (Å²) in [5, 5.41) is 5.12. The van der Waals surface area contributed by atoms with Crippen LogP contribution in [0.15, 0.2) is 158 Å². The van der Waals surface area contributed by atoms with Crippen LogP contribution in [0.4, 0.5) is 0 Å². The lowest BCUT2D eigenvalue weighted by atomic mass is 9.81. The summed E-state index contributed by atoms with van der Waals surface area (Å²) in [7, 11) is 0. The number of hydrogen-bond donors (Lipinski definition) is 0. The molecule has 2 heteroatoms. The molecule has 9 aromatic rings. The Balaban J connectivity index is 1.24. The van der Waals surface area contributed by atoms with Gasteiger partial charge in [0.15, 0.2) is 0 Å². The Morgan fingerprint density at radius 1 is 0.404 bits per heavy atom. The number of aromatic nitrogens is 2. The molecule has 222 valence electrons. The lowest BCUT2D eigenvalue weighted by molar-refractivity contribution is 0.664. The highest BCUT2D eigenvalue weighted by molar-refractivity contribution is 6.15. The molecule has 1 aliphatic rings. The Kier molecular flexibility index (Phi) is 5.37. The number of hydrogen-bond acceptors (Lipinski definition) is 0. The predicted molar refractivity (Wildman–Crippen MR) is 198 cm³/mol. The first-order valence-electron chi connectivity index (χ1n) is 16.5. The van der Waals surface area contributed by atoms with Gasteiger partial charge in [0.25, 0.3) is 0 Å². The molecule has 0 bridgehead atoms. The second-order valence-corrected chi connectivity index (χ2v) is 13.4. The van der Waals surface area contributed by atoms with Crippen LogP contribution in [0.3, 0.4) is 0 Å². The molecule has 0 fully saturated rings. The quantitative estimate of drug-likeness (QED) is 0.191. The summed E-state index contributed by atoms with van der Waals surface area (Å²) >= 11 is 0. The summed E-state index contributed by atoms with van der Waals surface area (Å²) < 4.78 is 4.88. The van der Waals surface area contributed by atoms with E-state index in [0.29, 0.717) is 0 Å². The fourth-order valence-corrected chi connectivity index (χ4v) is 8.40. The van der Waals surface area contributed by atoms with E-state index in [1.165, 1.54) is 88.4 Å². The summed E-state index contributed by atoms with van der Waals surface area (Å²) in [5.41, 5.74) is 15.2. The van der Waals surface area contributed by atoms with Crippen LogP contribution in [-0.4, -0.2) is 9.13 Å². The molecule has 0 N–H and O–H groups in total. The molecule has 1 aliphatic carbocycles. The molecule has 2 heterocycles. The maximum Gasteiger partial charge on any atom is 0.0588 e. The molecule has 0 amide bonds. The van der Waals surface area contributed by atoms with Crippen LogP contribution < -0.4 is 0 Å². The van der Waals surface area contributed by atoms with Crippen molar-refractivity contribution in [3.63, 3.8) is 0 Å². The summed E-state index contributed by atoms with van der Waals surface area (Å²) in [4.78, 5) is 0. The van der Waals surface area contributed by atoms with Gasteiger partial charge in [0, 0.05) is 38.3 Å². The van der Waals surface area contributed by atoms with Crippen LogP contribution in [0, 0.1) is 0 Å². The van der Waals surface area contributed by atoms with Crippen molar-refractivity contribution >= 4 is 43.6 Å². The molecule has 0 aliphatic heterocycles. The van der Waals surface area contributed by atoms with Crippen molar-refractivity contribution in [1.82, 2.24) is 9.13 Å². The van der Waals surface area contributed by atoms with Gasteiger partial charge in [0.2, 0.25) is 0 Å². The Bertz CT molecular complexity index is 2690. The minimum Gasteiger partial charge on any atom is -0.309 e. The standard InChI is InChI=1S/C45H32N2/c1-45(2)39-19-11-9-17-33(39)35-23-24-36-38-28-30(22-26-42(38)47(44(36)43(35)45)32-15-7-4-8-16-32)29-21-25-41-37(27-29)34-18-10-12-20-40(34)46(41)31-13-5-3-6-14-31/h3-28H,1-2H3. The molecule has 10 rings (SSSR count). The largest absolute Gasteiger partial charge is 0.309 e. The first-order chi connectivity index (χ1) is 23.1. The molecule has 0 saturated heterocycles. The molecule has 47 heavy (non-hydrogen) atoms. The van der Waals surface area contributed by atoms with E-state index in [0.717, 1.165) is 0 Å². The van der Waals surface area contributed by atoms with Gasteiger partial charge < -0.3 is 9.13 Å². The Morgan fingerprint density at radius 3 is 1.68 bits per heavy atom. The first-order valence-corrected chi connectivity index (χ1v) is 16.5. The van der Waals surface area contributed by atoms with Gasteiger partial charge in [-0.1, -0.05) is 117 Å². The third-order valence-corrected chi connectivity index (χ3v) is 10.5. The first kappa shape index (κ1) is 26.4. The molecule has 0 spiro atoms. The SMILES string of the molecule is CC1(C)c2ccccc2-c2ccc3c4cc(-c5ccc6c(c5)c5ccccc5n6-c5ccccc5)ccc4n(-c4ccccc4)c3c21. The summed E-state index contributed by atoms with van der Waals surface area (Å²) in [6, 6.07) is 57.9. The number of fused-ring (bicyclic) bond motifs is 10. The van der Waals surface area contributed by atoms with Crippen LogP contribution in [0.2, 0.25) is 0 Å². The predicted octanol–water partition coefficient (Wildman–Crippen LogP) is 11.9. The second kappa shape index (κ2) is 9.57. The number of nitrogens with zero attached hydrogens (tertiary/aromatic N) is 2. The third kappa shape index (κ3) is 3.61. The minimum absolute atomic E-state index is 0.118. The maximum atomic E-state index is 2.50. The van der Waals surface area contributed by atoms with Crippen molar-refractivity contribution < 1.29 is 0 Å². The van der Waals surface area contributed by atoms with E-state index in [-0.39, 0.29) is 5.41 Å². The van der Waals surface area contributed by atoms with E-state index in [1.807, 2.05) is 0 Å². The molecule has 7 aromatic carbocycles.